The Morgan fingerprint density at radius 3 is 2.50 bits per heavy atom. The molecule has 0 radical (unpaired) electrons. The van der Waals surface area contributed by atoms with Crippen LogP contribution in [0.3, 0.4) is 0 Å². The van der Waals surface area contributed by atoms with Crippen molar-refractivity contribution < 1.29 is 5.11 Å². The first kappa shape index (κ1) is 14.5. The van der Waals surface area contributed by atoms with Crippen molar-refractivity contribution in [2.75, 3.05) is 11.9 Å². The molecule has 0 aliphatic heterocycles. The highest BCUT2D eigenvalue weighted by molar-refractivity contribution is 5.35. The molecule has 20 heavy (non-hydrogen) atoms. The van der Waals surface area contributed by atoms with Crippen LogP contribution in [0.4, 0.5) is 5.82 Å². The largest absolute Gasteiger partial charge is 0.385 e. The fourth-order valence-electron chi connectivity index (χ4n) is 2.18. The van der Waals surface area contributed by atoms with E-state index in [-0.39, 0.29) is 0 Å². The highest BCUT2D eigenvalue weighted by Gasteiger charge is 2.22. The van der Waals surface area contributed by atoms with Gasteiger partial charge in [-0.3, -0.25) is 0 Å². The lowest BCUT2D eigenvalue weighted by Crippen LogP contribution is -2.24. The number of rotatable bonds is 5. The Bertz CT molecular complexity index is 547. The number of aromatic nitrogens is 2. The average molecular weight is 271 g/mol. The summed E-state index contributed by atoms with van der Waals surface area (Å²) in [6, 6.07) is 11.6. The van der Waals surface area contributed by atoms with E-state index in [2.05, 4.69) is 15.3 Å². The summed E-state index contributed by atoms with van der Waals surface area (Å²) in [5, 5.41) is 13.7. The van der Waals surface area contributed by atoms with Crippen LogP contribution in [0.15, 0.2) is 36.4 Å². The molecule has 0 bridgehead atoms. The van der Waals surface area contributed by atoms with Crippen molar-refractivity contribution in [1.82, 2.24) is 9.97 Å². The van der Waals surface area contributed by atoms with Crippen LogP contribution in [0.5, 0.6) is 0 Å². The van der Waals surface area contributed by atoms with Crippen LogP contribution < -0.4 is 5.32 Å². The van der Waals surface area contributed by atoms with Gasteiger partial charge in [-0.2, -0.15) is 0 Å². The van der Waals surface area contributed by atoms with E-state index in [9.17, 15) is 5.11 Å². The van der Waals surface area contributed by atoms with E-state index in [4.69, 9.17) is 0 Å². The van der Waals surface area contributed by atoms with E-state index < -0.39 is 5.60 Å². The van der Waals surface area contributed by atoms with Crippen LogP contribution in [0, 0.1) is 13.8 Å². The fraction of sp³-hybridized carbons (Fsp3) is 0.375. The van der Waals surface area contributed by atoms with E-state index in [1.54, 1.807) is 0 Å². The summed E-state index contributed by atoms with van der Waals surface area (Å²) < 4.78 is 0. The molecule has 1 atom stereocenters. The topological polar surface area (TPSA) is 58.0 Å². The van der Waals surface area contributed by atoms with Gasteiger partial charge in [0.05, 0.1) is 5.60 Å². The van der Waals surface area contributed by atoms with Crippen LogP contribution in [-0.4, -0.2) is 21.6 Å². The van der Waals surface area contributed by atoms with Crippen LogP contribution in [-0.2, 0) is 5.60 Å². The second-order valence-electron chi connectivity index (χ2n) is 5.26. The fourth-order valence-corrected chi connectivity index (χ4v) is 2.18. The molecule has 2 N–H and O–H groups in total. The Morgan fingerprint density at radius 2 is 1.85 bits per heavy atom. The normalized spacial score (nSPS) is 13.8. The number of hydrogen-bond acceptors (Lipinski definition) is 4. The molecule has 0 spiro atoms. The van der Waals surface area contributed by atoms with Crippen molar-refractivity contribution in [2.45, 2.75) is 32.8 Å². The lowest BCUT2D eigenvalue weighted by Gasteiger charge is -2.24. The molecule has 1 aromatic carbocycles. The summed E-state index contributed by atoms with van der Waals surface area (Å²) in [7, 11) is 0. The molecule has 0 aliphatic rings. The molecular weight excluding hydrogens is 250 g/mol. The molecular formula is C16H21N3O. The van der Waals surface area contributed by atoms with Gasteiger partial charge in [0.15, 0.2) is 0 Å². The van der Waals surface area contributed by atoms with Gasteiger partial charge in [-0.1, -0.05) is 30.3 Å². The first-order valence-corrected chi connectivity index (χ1v) is 6.81. The molecule has 0 saturated heterocycles. The van der Waals surface area contributed by atoms with E-state index in [1.807, 2.05) is 57.2 Å². The smallest absolute Gasteiger partial charge is 0.129 e. The highest BCUT2D eigenvalue weighted by atomic mass is 16.3. The minimum Gasteiger partial charge on any atom is -0.385 e. The van der Waals surface area contributed by atoms with Crippen LogP contribution >= 0.6 is 0 Å². The molecule has 0 saturated carbocycles. The number of nitrogens with zero attached hydrogens (tertiary/aromatic N) is 2. The molecule has 0 aliphatic carbocycles. The Balaban J connectivity index is 1.95. The maximum Gasteiger partial charge on any atom is 0.129 e. The molecule has 0 fully saturated rings. The predicted molar refractivity (Wildman–Crippen MR) is 80.6 cm³/mol. The van der Waals surface area contributed by atoms with Crippen LogP contribution in [0.25, 0.3) is 0 Å². The monoisotopic (exact) mass is 271 g/mol. The molecule has 4 heteroatoms. The zero-order valence-corrected chi connectivity index (χ0v) is 12.2. The van der Waals surface area contributed by atoms with Gasteiger partial charge in [-0.15, -0.1) is 0 Å². The summed E-state index contributed by atoms with van der Waals surface area (Å²) in [5.41, 5.74) is 1.03. The van der Waals surface area contributed by atoms with Gasteiger partial charge in [-0.25, -0.2) is 9.97 Å². The van der Waals surface area contributed by atoms with Crippen molar-refractivity contribution in [2.24, 2.45) is 0 Å². The van der Waals surface area contributed by atoms with Gasteiger partial charge in [0.1, 0.15) is 11.6 Å². The van der Waals surface area contributed by atoms with Crippen molar-refractivity contribution in [3.63, 3.8) is 0 Å². The standard InChI is InChI=1S/C16H21N3O/c1-12-11-15(19-13(2)18-12)17-10-9-16(3,20)14-7-5-4-6-8-14/h4-8,11,20H,9-10H2,1-3H3,(H,17,18,19). The molecule has 0 amide bonds. The number of aliphatic hydroxyl groups is 1. The third-order valence-electron chi connectivity index (χ3n) is 3.28. The van der Waals surface area contributed by atoms with Crippen molar-refractivity contribution in [3.8, 4) is 0 Å². The number of benzene rings is 1. The Kier molecular flexibility index (Phi) is 4.35. The molecule has 2 aromatic rings. The van der Waals surface area contributed by atoms with Gasteiger partial charge in [0, 0.05) is 18.3 Å². The molecule has 106 valence electrons. The highest BCUT2D eigenvalue weighted by Crippen LogP contribution is 2.23. The van der Waals surface area contributed by atoms with Gasteiger partial charge < -0.3 is 10.4 Å². The second kappa shape index (κ2) is 6.01. The van der Waals surface area contributed by atoms with E-state index in [1.165, 1.54) is 0 Å². The second-order valence-corrected chi connectivity index (χ2v) is 5.26. The Hall–Kier alpha value is -1.94. The molecule has 1 heterocycles. The number of hydrogen-bond donors (Lipinski definition) is 2. The lowest BCUT2D eigenvalue weighted by atomic mass is 9.93. The zero-order valence-electron chi connectivity index (χ0n) is 12.2. The summed E-state index contributed by atoms with van der Waals surface area (Å²) in [6.45, 7) is 6.30. The maximum atomic E-state index is 10.5. The molecule has 1 aromatic heterocycles. The molecule has 4 nitrogen and oxygen atoms in total. The third kappa shape index (κ3) is 3.78. The van der Waals surface area contributed by atoms with Crippen molar-refractivity contribution in [3.05, 3.63) is 53.5 Å². The minimum absolute atomic E-state index is 0.610. The van der Waals surface area contributed by atoms with Crippen molar-refractivity contribution in [1.29, 1.82) is 0 Å². The van der Waals surface area contributed by atoms with Crippen LogP contribution in [0.2, 0.25) is 0 Å². The first-order valence-electron chi connectivity index (χ1n) is 6.81. The lowest BCUT2D eigenvalue weighted by molar-refractivity contribution is 0.0515. The van der Waals surface area contributed by atoms with Gasteiger partial charge in [-0.05, 0) is 32.8 Å². The Labute approximate surface area is 119 Å². The molecule has 2 rings (SSSR count). The predicted octanol–water partition coefficient (Wildman–Crippen LogP) is 2.80. The van der Waals surface area contributed by atoms with E-state index >= 15 is 0 Å². The Morgan fingerprint density at radius 1 is 1.15 bits per heavy atom. The van der Waals surface area contributed by atoms with Crippen LogP contribution in [0.1, 0.15) is 30.4 Å². The third-order valence-corrected chi connectivity index (χ3v) is 3.28. The maximum absolute atomic E-state index is 10.5. The van der Waals surface area contributed by atoms with Gasteiger partial charge in [0.2, 0.25) is 0 Å². The minimum atomic E-state index is -0.842. The number of aryl methyl sites for hydroxylation is 2. The van der Waals surface area contributed by atoms with Crippen molar-refractivity contribution >= 4 is 5.82 Å². The van der Waals surface area contributed by atoms with Gasteiger partial charge >= 0.3 is 0 Å². The van der Waals surface area contributed by atoms with Gasteiger partial charge in [0.25, 0.3) is 0 Å². The van der Waals surface area contributed by atoms with E-state index in [0.29, 0.717) is 13.0 Å². The summed E-state index contributed by atoms with van der Waals surface area (Å²) in [5.74, 6) is 1.56. The summed E-state index contributed by atoms with van der Waals surface area (Å²) in [4.78, 5) is 8.56. The SMILES string of the molecule is Cc1cc(NCCC(C)(O)c2ccccc2)nc(C)n1. The van der Waals surface area contributed by atoms with E-state index in [0.717, 1.165) is 22.9 Å². The summed E-state index contributed by atoms with van der Waals surface area (Å²) >= 11 is 0. The number of nitrogens with one attached hydrogen (secondary N) is 1. The number of anilines is 1. The average Bonchev–Trinajstić information content (AvgIpc) is 2.38. The quantitative estimate of drug-likeness (QED) is 0.878. The molecule has 1 unspecified atom stereocenters. The first-order chi connectivity index (χ1) is 9.47. The summed E-state index contributed by atoms with van der Waals surface area (Å²) in [6.07, 6.45) is 0.610. The zero-order chi connectivity index (χ0) is 14.6.